The van der Waals surface area contributed by atoms with Gasteiger partial charge in [-0.15, -0.1) is 0 Å². The number of aromatic nitrogens is 2. The maximum Gasteiger partial charge on any atom is 0.225 e. The van der Waals surface area contributed by atoms with E-state index in [0.717, 1.165) is 19.6 Å². The van der Waals surface area contributed by atoms with E-state index >= 15 is 0 Å². The Bertz CT molecular complexity index is 661. The van der Waals surface area contributed by atoms with Crippen LogP contribution in [-0.2, 0) is 17.9 Å². The van der Waals surface area contributed by atoms with Crippen LogP contribution in [-0.4, -0.2) is 39.7 Å². The largest absolute Gasteiger partial charge is 0.335 e. The summed E-state index contributed by atoms with van der Waals surface area (Å²) in [5, 5.41) is 11.9. The van der Waals surface area contributed by atoms with Gasteiger partial charge in [0, 0.05) is 37.9 Å². The molecule has 1 saturated carbocycles. The van der Waals surface area contributed by atoms with E-state index in [1.807, 2.05) is 16.9 Å². The average Bonchev–Trinajstić information content (AvgIpc) is 3.06. The zero-order valence-electron chi connectivity index (χ0n) is 13.9. The van der Waals surface area contributed by atoms with E-state index in [1.54, 1.807) is 17.5 Å². The van der Waals surface area contributed by atoms with Gasteiger partial charge < -0.3 is 10.2 Å². The molecule has 0 unspecified atom stereocenters. The van der Waals surface area contributed by atoms with E-state index in [1.165, 1.54) is 24.8 Å². The SMILES string of the molecule is O=C(CCn1cccn1)N(Cc1ccsc1)[C@@H]1CC12CCNCC2. The van der Waals surface area contributed by atoms with Crippen molar-refractivity contribution in [2.45, 2.75) is 44.8 Å². The molecule has 0 aromatic carbocycles. The summed E-state index contributed by atoms with van der Waals surface area (Å²) >= 11 is 1.70. The predicted molar refractivity (Wildman–Crippen MR) is 94.7 cm³/mol. The number of hydrogen-bond donors (Lipinski definition) is 1. The normalized spacial score (nSPS) is 21.8. The monoisotopic (exact) mass is 344 g/mol. The molecule has 2 aromatic rings. The minimum absolute atomic E-state index is 0.261. The molecule has 0 radical (unpaired) electrons. The van der Waals surface area contributed by atoms with E-state index in [-0.39, 0.29) is 5.91 Å². The molecule has 3 heterocycles. The Hall–Kier alpha value is -1.66. The van der Waals surface area contributed by atoms with Gasteiger partial charge in [0.25, 0.3) is 0 Å². The van der Waals surface area contributed by atoms with Crippen molar-refractivity contribution in [3.8, 4) is 0 Å². The fourth-order valence-corrected chi connectivity index (χ4v) is 4.63. The van der Waals surface area contributed by atoms with Gasteiger partial charge in [-0.1, -0.05) is 0 Å². The quantitative estimate of drug-likeness (QED) is 0.876. The fraction of sp³-hybridized carbons (Fsp3) is 0.556. The molecule has 2 aliphatic rings. The number of carbonyl (C=O) groups is 1. The zero-order chi connectivity index (χ0) is 16.4. The maximum atomic E-state index is 12.9. The number of carbonyl (C=O) groups excluding carboxylic acids is 1. The van der Waals surface area contributed by atoms with Crippen LogP contribution in [0, 0.1) is 5.41 Å². The molecule has 4 rings (SSSR count). The molecule has 128 valence electrons. The first-order chi connectivity index (χ1) is 11.8. The Morgan fingerprint density at radius 2 is 2.33 bits per heavy atom. The number of thiophene rings is 1. The summed E-state index contributed by atoms with van der Waals surface area (Å²) in [5.74, 6) is 0.261. The lowest BCUT2D eigenvalue weighted by molar-refractivity contribution is -0.133. The molecule has 1 aliphatic carbocycles. The minimum atomic E-state index is 0.261. The van der Waals surface area contributed by atoms with Crippen molar-refractivity contribution >= 4 is 17.2 Å². The van der Waals surface area contributed by atoms with Crippen molar-refractivity contribution in [3.05, 3.63) is 40.8 Å². The summed E-state index contributed by atoms with van der Waals surface area (Å²) < 4.78 is 1.84. The molecule has 1 amide bonds. The van der Waals surface area contributed by atoms with E-state index < -0.39 is 0 Å². The van der Waals surface area contributed by atoms with Crippen LogP contribution in [0.15, 0.2) is 35.3 Å². The van der Waals surface area contributed by atoms with Crippen molar-refractivity contribution in [1.82, 2.24) is 20.0 Å². The van der Waals surface area contributed by atoms with Crippen LogP contribution in [0.4, 0.5) is 0 Å². The van der Waals surface area contributed by atoms with Crippen molar-refractivity contribution in [3.63, 3.8) is 0 Å². The van der Waals surface area contributed by atoms with Gasteiger partial charge >= 0.3 is 0 Å². The molecule has 1 N–H and O–H groups in total. The second-order valence-corrected chi connectivity index (χ2v) is 7.78. The highest BCUT2D eigenvalue weighted by molar-refractivity contribution is 7.07. The van der Waals surface area contributed by atoms with Gasteiger partial charge in [-0.05, 0) is 66.2 Å². The second kappa shape index (κ2) is 6.69. The third kappa shape index (κ3) is 3.26. The third-order valence-electron chi connectivity index (χ3n) is 5.49. The number of piperidine rings is 1. The summed E-state index contributed by atoms with van der Waals surface area (Å²) in [6, 6.07) is 4.46. The molecule has 1 atom stereocenters. The number of hydrogen-bond acceptors (Lipinski definition) is 4. The lowest BCUT2D eigenvalue weighted by Crippen LogP contribution is -2.39. The highest BCUT2D eigenvalue weighted by atomic mass is 32.1. The second-order valence-electron chi connectivity index (χ2n) is 7.00. The Kier molecular flexibility index (Phi) is 4.41. The molecule has 1 spiro atoms. The Morgan fingerprint density at radius 1 is 1.46 bits per heavy atom. The molecular weight excluding hydrogens is 320 g/mol. The van der Waals surface area contributed by atoms with Crippen molar-refractivity contribution in [2.75, 3.05) is 13.1 Å². The summed E-state index contributed by atoms with van der Waals surface area (Å²) in [6.07, 6.45) is 7.78. The molecular formula is C18H24N4OS. The van der Waals surface area contributed by atoms with Crippen molar-refractivity contribution < 1.29 is 4.79 Å². The number of nitrogens with one attached hydrogen (secondary N) is 1. The molecule has 0 bridgehead atoms. The maximum absolute atomic E-state index is 12.9. The van der Waals surface area contributed by atoms with Gasteiger partial charge in [-0.3, -0.25) is 9.48 Å². The number of rotatable bonds is 6. The highest BCUT2D eigenvalue weighted by Crippen LogP contribution is 2.56. The number of amides is 1. The Morgan fingerprint density at radius 3 is 3.04 bits per heavy atom. The van der Waals surface area contributed by atoms with Gasteiger partial charge in [0.1, 0.15) is 0 Å². The molecule has 1 saturated heterocycles. The zero-order valence-corrected chi connectivity index (χ0v) is 14.7. The molecule has 24 heavy (non-hydrogen) atoms. The smallest absolute Gasteiger partial charge is 0.225 e. The van der Waals surface area contributed by atoms with Gasteiger partial charge in [-0.2, -0.15) is 16.4 Å². The summed E-state index contributed by atoms with van der Waals surface area (Å²) in [5.41, 5.74) is 1.63. The molecule has 5 nitrogen and oxygen atoms in total. The highest BCUT2D eigenvalue weighted by Gasteiger charge is 2.57. The lowest BCUT2D eigenvalue weighted by Gasteiger charge is -2.29. The van der Waals surface area contributed by atoms with Crippen LogP contribution < -0.4 is 5.32 Å². The van der Waals surface area contributed by atoms with Crippen LogP contribution in [0.5, 0.6) is 0 Å². The average molecular weight is 344 g/mol. The Labute approximate surface area is 146 Å². The summed E-state index contributed by atoms with van der Waals surface area (Å²) in [4.78, 5) is 15.1. The van der Waals surface area contributed by atoms with E-state index in [4.69, 9.17) is 0 Å². The number of aryl methyl sites for hydroxylation is 1. The van der Waals surface area contributed by atoms with Crippen LogP contribution >= 0.6 is 11.3 Å². The molecule has 6 heteroatoms. The van der Waals surface area contributed by atoms with E-state index in [9.17, 15) is 4.79 Å². The van der Waals surface area contributed by atoms with Crippen LogP contribution in [0.1, 0.15) is 31.2 Å². The first kappa shape index (κ1) is 15.8. The first-order valence-corrected chi connectivity index (χ1v) is 9.70. The Balaban J connectivity index is 1.44. The predicted octanol–water partition coefficient (Wildman–Crippen LogP) is 2.51. The van der Waals surface area contributed by atoms with E-state index in [0.29, 0.717) is 24.4 Å². The standard InChI is InChI=1S/C18H24N4OS/c23-17(2-10-21-9-1-6-20-21)22(13-15-3-11-24-14-15)16-12-18(16)4-7-19-8-5-18/h1,3,6,9,11,14,16,19H,2,4-5,7-8,10,12-13H2/t16-/m1/s1. The van der Waals surface area contributed by atoms with Gasteiger partial charge in [0.15, 0.2) is 0 Å². The topological polar surface area (TPSA) is 50.2 Å². The summed E-state index contributed by atoms with van der Waals surface area (Å²) in [7, 11) is 0. The van der Waals surface area contributed by atoms with Crippen molar-refractivity contribution in [2.24, 2.45) is 5.41 Å². The third-order valence-corrected chi connectivity index (χ3v) is 6.22. The first-order valence-electron chi connectivity index (χ1n) is 8.76. The van der Waals surface area contributed by atoms with Crippen molar-refractivity contribution in [1.29, 1.82) is 0 Å². The molecule has 1 aliphatic heterocycles. The van der Waals surface area contributed by atoms with Gasteiger partial charge in [0.05, 0.1) is 0 Å². The van der Waals surface area contributed by atoms with Gasteiger partial charge in [0.2, 0.25) is 5.91 Å². The molecule has 2 aromatic heterocycles. The van der Waals surface area contributed by atoms with Crippen LogP contribution in [0.25, 0.3) is 0 Å². The fourth-order valence-electron chi connectivity index (χ4n) is 3.97. The van der Waals surface area contributed by atoms with Crippen LogP contribution in [0.3, 0.4) is 0 Å². The number of nitrogens with zero attached hydrogens (tertiary/aromatic N) is 3. The van der Waals surface area contributed by atoms with Gasteiger partial charge in [-0.25, -0.2) is 0 Å². The van der Waals surface area contributed by atoms with Crippen LogP contribution in [0.2, 0.25) is 0 Å². The van der Waals surface area contributed by atoms with E-state index in [2.05, 4.69) is 32.1 Å². The lowest BCUT2D eigenvalue weighted by atomic mass is 9.93. The summed E-state index contributed by atoms with van der Waals surface area (Å²) in [6.45, 7) is 3.59. The molecule has 2 fully saturated rings. The minimum Gasteiger partial charge on any atom is -0.335 e.